The molecule has 2 fully saturated rings. The number of hydrogen-bond acceptors (Lipinski definition) is 20. The number of unbranched alkanes of at least 4 members (excludes halogenated alkanes) is 19. The normalized spacial score (nSPS) is 21.6. The zero-order valence-electron chi connectivity index (χ0n) is 56.6. The maximum absolute atomic E-state index is 14.7. The van der Waals surface area contributed by atoms with Crippen LogP contribution in [0.4, 0.5) is 19.2 Å². The van der Waals surface area contributed by atoms with Gasteiger partial charge in [0.05, 0.1) is 26.2 Å². The number of alkyl halides is 6. The fourth-order valence-electron chi connectivity index (χ4n) is 10.8. The molecule has 2 aliphatic heterocycles. The first-order valence-electron chi connectivity index (χ1n) is 34.0. The summed E-state index contributed by atoms with van der Waals surface area (Å²) in [6.07, 6.45) is 4.96. The van der Waals surface area contributed by atoms with Crippen LogP contribution in [0.3, 0.4) is 0 Å². The van der Waals surface area contributed by atoms with Crippen LogP contribution >= 0.6 is 69.6 Å². The minimum absolute atomic E-state index is 0.0276. The van der Waals surface area contributed by atoms with Crippen LogP contribution in [0.5, 0.6) is 0 Å². The second-order valence-corrected chi connectivity index (χ2v) is 33.9. The van der Waals surface area contributed by atoms with E-state index in [-0.39, 0.29) is 32.8 Å². The predicted molar refractivity (Wildman–Crippen MR) is 371 cm³/mol. The van der Waals surface area contributed by atoms with E-state index in [0.717, 1.165) is 95.5 Å². The average molecular weight is 1500 g/mol. The van der Waals surface area contributed by atoms with Gasteiger partial charge in [-0.3, -0.25) is 9.59 Å². The van der Waals surface area contributed by atoms with Crippen molar-refractivity contribution >= 4 is 114 Å². The van der Waals surface area contributed by atoms with E-state index in [1.807, 2.05) is 43.4 Å². The standard InChI is InChI=1S/C67H106Cl6N2O20Si/c1-8-13-16-19-21-23-25-27-32-37-49(89-52(76)38-33-28-26-24-22-20-17-14-9-2)42-53(77)92-58-54(74-62(79)87-46-66(68,69)70)60(90-50(56(58)78)44-83-43-48-35-30-29-31-36-48)86-45-51-57(93-64(81)84-39-11-4)59(94-65(82)85-40-12-5)55(75-63(80)88-47-67(71,72)73)61(91-51)95-96(6,7)41-34-18-15-10-3/h11-12,29-31,35-36,49-51,54-61,78H,4-5,8-10,13-28,32-34,37-47H2,1-3,6-7H3,(H,74,79)(H,75,80)/t49-,50-,51-,54-,55-,56-,57-,58-,59-,60-,61+/m1/s1. The lowest BCUT2D eigenvalue weighted by atomic mass is 9.95. The maximum Gasteiger partial charge on any atom is 0.509 e. The van der Waals surface area contributed by atoms with E-state index in [9.17, 15) is 33.9 Å². The average Bonchev–Trinajstić information content (AvgIpc) is 0.787. The van der Waals surface area contributed by atoms with E-state index in [4.69, 9.17) is 131 Å². The minimum atomic E-state index is -2.90. The van der Waals surface area contributed by atoms with Gasteiger partial charge in [-0.1, -0.05) is 274 Å². The number of carbonyl (C=O) groups excluding carboxylic acids is 6. The summed E-state index contributed by atoms with van der Waals surface area (Å²) in [5.74, 6) is -1.40. The number of esters is 2. The van der Waals surface area contributed by atoms with E-state index in [0.29, 0.717) is 25.3 Å². The number of hydrogen-bond donors (Lipinski definition) is 3. The Bertz CT molecular complexity index is 2380. The van der Waals surface area contributed by atoms with Crippen molar-refractivity contribution in [3.05, 3.63) is 61.2 Å². The summed E-state index contributed by atoms with van der Waals surface area (Å²) in [6.45, 7) is 14.1. The van der Waals surface area contributed by atoms with Crippen LogP contribution in [-0.2, 0) is 77.5 Å². The lowest BCUT2D eigenvalue weighted by Gasteiger charge is -2.47. The SMILES string of the molecule is C=CCOC(=O)O[C@@H]1[C@@H](NC(=O)OCC(Cl)(Cl)Cl)[C@H](O[Si](C)(C)CCCCCC)O[C@H](CO[C@@H]2O[C@H](COCc3ccccc3)[C@@H](O)[C@H](OC(=O)C[C@@H](CCCCCCCCCCC)OC(=O)CCCCCCCCCCC)[C@H]2NC(=O)OCC(Cl)(Cl)Cl)[C@H]1OC(=O)OCC=C. The van der Waals surface area contributed by atoms with Crippen molar-refractivity contribution in [2.75, 3.05) is 39.6 Å². The molecule has 0 unspecified atom stereocenters. The van der Waals surface area contributed by atoms with Crippen molar-refractivity contribution in [2.24, 2.45) is 0 Å². The first kappa shape index (κ1) is 86.7. The van der Waals surface area contributed by atoms with Gasteiger partial charge in [-0.25, -0.2) is 19.2 Å². The number of alkyl carbamates (subject to hydrolysis) is 2. The Morgan fingerprint density at radius 3 is 1.58 bits per heavy atom. The van der Waals surface area contributed by atoms with Gasteiger partial charge in [0.1, 0.15) is 62.9 Å². The number of halogens is 6. The third-order valence-electron chi connectivity index (χ3n) is 15.7. The highest BCUT2D eigenvalue weighted by atomic mass is 35.6. The van der Waals surface area contributed by atoms with Gasteiger partial charge in [-0.05, 0) is 44.0 Å². The Balaban J connectivity index is 2.20. The molecule has 1 aromatic rings. The summed E-state index contributed by atoms with van der Waals surface area (Å²) < 4.78 is 73.6. The first-order valence-corrected chi connectivity index (χ1v) is 39.4. The van der Waals surface area contributed by atoms with Crippen molar-refractivity contribution in [3.8, 4) is 0 Å². The molecule has 1 aromatic carbocycles. The summed E-state index contributed by atoms with van der Waals surface area (Å²) in [7, 11) is -2.90. The summed E-state index contributed by atoms with van der Waals surface area (Å²) in [5, 5.41) is 17.5. The number of carbonyl (C=O) groups is 6. The first-order chi connectivity index (χ1) is 45.8. The van der Waals surface area contributed by atoms with E-state index < -0.39 is 146 Å². The highest BCUT2D eigenvalue weighted by molar-refractivity contribution is 6.71. The molecule has 0 aromatic heterocycles. The Morgan fingerprint density at radius 2 is 1.06 bits per heavy atom. The summed E-state index contributed by atoms with van der Waals surface area (Å²) in [4.78, 5) is 83.3. The Kier molecular flexibility index (Phi) is 44.3. The van der Waals surface area contributed by atoms with Gasteiger partial charge in [0.2, 0.25) is 7.59 Å². The van der Waals surface area contributed by atoms with Crippen LogP contribution in [-0.4, -0.2) is 164 Å². The second kappa shape index (κ2) is 49.1. The third-order valence-corrected chi connectivity index (χ3v) is 18.8. The summed E-state index contributed by atoms with van der Waals surface area (Å²) in [6, 6.07) is 6.32. The second-order valence-electron chi connectivity index (χ2n) is 24.7. The molecule has 550 valence electrons. The quantitative estimate of drug-likeness (QED) is 0.0137. The molecule has 96 heavy (non-hydrogen) atoms. The van der Waals surface area contributed by atoms with Gasteiger partial charge in [-0.2, -0.15) is 0 Å². The number of aliphatic hydroxyl groups excluding tert-OH is 1. The molecule has 0 spiro atoms. The minimum Gasteiger partial charge on any atom is -0.462 e. The van der Waals surface area contributed by atoms with Gasteiger partial charge in [0.25, 0.3) is 0 Å². The van der Waals surface area contributed by atoms with Crippen molar-refractivity contribution in [3.63, 3.8) is 0 Å². The van der Waals surface area contributed by atoms with Crippen molar-refractivity contribution < 1.29 is 95.1 Å². The summed E-state index contributed by atoms with van der Waals surface area (Å²) in [5.41, 5.74) is 0.757. The lowest BCUT2D eigenvalue weighted by Crippen LogP contribution is -2.69. The zero-order chi connectivity index (χ0) is 70.8. The number of benzene rings is 1. The van der Waals surface area contributed by atoms with Gasteiger partial charge in [-0.15, -0.1) is 0 Å². The molecule has 3 rings (SSSR count). The molecular weight excluding hydrogens is 1390 g/mol. The third kappa shape index (κ3) is 38.3. The molecule has 0 aliphatic carbocycles. The lowest BCUT2D eigenvalue weighted by molar-refractivity contribution is -0.299. The number of ether oxygens (including phenoxy) is 12. The molecule has 29 heteroatoms. The van der Waals surface area contributed by atoms with Gasteiger partial charge >= 0.3 is 36.4 Å². The molecule has 2 saturated heterocycles. The fourth-order valence-corrected chi connectivity index (χ4v) is 13.1. The van der Waals surface area contributed by atoms with E-state index in [2.05, 4.69) is 44.6 Å². The highest BCUT2D eigenvalue weighted by Gasteiger charge is 2.55. The Labute approximate surface area is 599 Å². The molecule has 0 radical (unpaired) electrons. The molecule has 0 bridgehead atoms. The molecule has 2 amide bonds. The van der Waals surface area contributed by atoms with Crippen molar-refractivity contribution in [2.45, 2.75) is 282 Å². The van der Waals surface area contributed by atoms with Crippen molar-refractivity contribution in [1.29, 1.82) is 0 Å². The molecule has 0 saturated carbocycles. The molecule has 11 atom stereocenters. The number of amides is 2. The number of rotatable bonds is 48. The van der Waals surface area contributed by atoms with Gasteiger partial charge in [0.15, 0.2) is 39.2 Å². The summed E-state index contributed by atoms with van der Waals surface area (Å²) >= 11 is 35.9. The van der Waals surface area contributed by atoms with Crippen LogP contribution < -0.4 is 10.6 Å². The Hall–Kier alpha value is -3.56. The smallest absolute Gasteiger partial charge is 0.462 e. The molecule has 2 heterocycles. The van der Waals surface area contributed by atoms with Crippen LogP contribution in [0.1, 0.15) is 187 Å². The molecule has 3 N–H and O–H groups in total. The maximum atomic E-state index is 14.7. The van der Waals surface area contributed by atoms with Crippen LogP contribution in [0.25, 0.3) is 0 Å². The van der Waals surface area contributed by atoms with Crippen LogP contribution in [0.2, 0.25) is 19.1 Å². The van der Waals surface area contributed by atoms with Crippen LogP contribution in [0.15, 0.2) is 55.6 Å². The highest BCUT2D eigenvalue weighted by Crippen LogP contribution is 2.35. The topological polar surface area (TPSA) is 267 Å². The predicted octanol–water partition coefficient (Wildman–Crippen LogP) is 16.2. The zero-order valence-corrected chi connectivity index (χ0v) is 62.1. The van der Waals surface area contributed by atoms with Crippen LogP contribution in [0, 0.1) is 0 Å². The fraction of sp³-hybridized carbons (Fsp3) is 0.761. The molecule has 22 nitrogen and oxygen atoms in total. The van der Waals surface area contributed by atoms with Gasteiger partial charge in [0, 0.05) is 6.42 Å². The number of aliphatic hydroxyl groups is 1. The monoisotopic (exact) mass is 1500 g/mol. The number of nitrogens with one attached hydrogen (secondary N) is 2. The van der Waals surface area contributed by atoms with Crippen molar-refractivity contribution in [1.82, 2.24) is 10.6 Å². The van der Waals surface area contributed by atoms with E-state index >= 15 is 0 Å². The largest absolute Gasteiger partial charge is 0.509 e. The molecule has 2 aliphatic rings. The van der Waals surface area contributed by atoms with E-state index in [1.54, 1.807) is 0 Å². The van der Waals surface area contributed by atoms with E-state index in [1.165, 1.54) is 50.7 Å². The Morgan fingerprint density at radius 1 is 0.583 bits per heavy atom. The van der Waals surface area contributed by atoms with Gasteiger partial charge < -0.3 is 77.0 Å². The molecular formula is C67H106Cl6N2O20Si.